The number of para-hydroxylation sites is 1. The molecule has 0 aliphatic carbocycles. The van der Waals surface area contributed by atoms with E-state index in [2.05, 4.69) is 60.1 Å². The fraction of sp³-hybridized carbons (Fsp3) is 0.591. The van der Waals surface area contributed by atoms with Crippen LogP contribution in [0.1, 0.15) is 74.7 Å². The van der Waals surface area contributed by atoms with E-state index in [4.69, 9.17) is 5.10 Å². The lowest BCUT2D eigenvalue weighted by atomic mass is 9.96. The smallest absolute Gasteiger partial charge is 0.133 e. The van der Waals surface area contributed by atoms with Crippen molar-refractivity contribution in [2.45, 2.75) is 64.3 Å². The van der Waals surface area contributed by atoms with Crippen molar-refractivity contribution in [3.05, 3.63) is 41.1 Å². The topological polar surface area (TPSA) is 33.1 Å². The first-order valence-electron chi connectivity index (χ1n) is 10.3. The summed E-state index contributed by atoms with van der Waals surface area (Å²) in [4.78, 5) is 2.51. The van der Waals surface area contributed by atoms with Gasteiger partial charge in [-0.25, -0.2) is 4.68 Å². The summed E-state index contributed by atoms with van der Waals surface area (Å²) in [6.45, 7) is 6.76. The van der Waals surface area contributed by atoms with Crippen LogP contribution >= 0.6 is 0 Å². The van der Waals surface area contributed by atoms with Gasteiger partial charge in [-0.2, -0.15) is 5.10 Å². The summed E-state index contributed by atoms with van der Waals surface area (Å²) in [5, 5.41) is 8.95. The Morgan fingerprint density at radius 3 is 2.77 bits per heavy atom. The quantitative estimate of drug-likeness (QED) is 0.853. The number of nitrogens with one attached hydrogen (secondary N) is 1. The molecule has 4 nitrogen and oxygen atoms in total. The van der Waals surface area contributed by atoms with Crippen molar-refractivity contribution in [3.63, 3.8) is 0 Å². The maximum Gasteiger partial charge on any atom is 0.133 e. The number of rotatable bonds is 3. The SMILES string of the molecule is CC(C)c1ccccc1-n1nc(C2CCCCN2C)c2c1NCCCC2. The molecule has 4 heteroatoms. The molecule has 26 heavy (non-hydrogen) atoms. The molecule has 1 fully saturated rings. The van der Waals surface area contributed by atoms with E-state index in [1.807, 2.05) is 0 Å². The second kappa shape index (κ2) is 7.43. The molecule has 1 atom stereocenters. The van der Waals surface area contributed by atoms with Gasteiger partial charge in [0.2, 0.25) is 0 Å². The number of aromatic nitrogens is 2. The number of fused-ring (bicyclic) bond motifs is 1. The zero-order valence-electron chi connectivity index (χ0n) is 16.5. The lowest BCUT2D eigenvalue weighted by molar-refractivity contribution is 0.182. The molecule has 1 aromatic heterocycles. The molecular weight excluding hydrogens is 320 g/mol. The summed E-state index contributed by atoms with van der Waals surface area (Å²) in [5.74, 6) is 1.72. The Kier molecular flexibility index (Phi) is 5.03. The van der Waals surface area contributed by atoms with E-state index in [1.165, 1.54) is 67.0 Å². The Balaban J connectivity index is 1.86. The zero-order valence-corrected chi connectivity index (χ0v) is 16.5. The molecule has 3 heterocycles. The van der Waals surface area contributed by atoms with Crippen LogP contribution in [0.25, 0.3) is 5.69 Å². The molecule has 0 amide bonds. The predicted octanol–water partition coefficient (Wildman–Crippen LogP) is 4.90. The largest absolute Gasteiger partial charge is 0.370 e. The minimum atomic E-state index is 0.463. The number of likely N-dealkylation sites (tertiary alicyclic amines) is 1. The van der Waals surface area contributed by atoms with E-state index >= 15 is 0 Å². The number of hydrogen-bond donors (Lipinski definition) is 1. The number of nitrogens with zero attached hydrogens (tertiary/aromatic N) is 3. The molecule has 0 bridgehead atoms. The molecule has 1 saturated heterocycles. The van der Waals surface area contributed by atoms with Crippen molar-refractivity contribution in [3.8, 4) is 5.69 Å². The van der Waals surface area contributed by atoms with Crippen molar-refractivity contribution < 1.29 is 0 Å². The van der Waals surface area contributed by atoms with E-state index in [0.717, 1.165) is 13.0 Å². The average Bonchev–Trinajstić information content (AvgIpc) is 2.83. The van der Waals surface area contributed by atoms with Crippen LogP contribution in [0, 0.1) is 0 Å². The highest BCUT2D eigenvalue weighted by molar-refractivity contribution is 5.57. The number of anilines is 1. The van der Waals surface area contributed by atoms with Crippen LogP contribution in [0.3, 0.4) is 0 Å². The van der Waals surface area contributed by atoms with Gasteiger partial charge in [-0.15, -0.1) is 0 Å². The van der Waals surface area contributed by atoms with Crippen LogP contribution in [0.5, 0.6) is 0 Å². The van der Waals surface area contributed by atoms with E-state index < -0.39 is 0 Å². The highest BCUT2D eigenvalue weighted by Gasteiger charge is 2.30. The third-order valence-electron chi connectivity index (χ3n) is 6.03. The second-order valence-corrected chi connectivity index (χ2v) is 8.21. The van der Waals surface area contributed by atoms with Crippen LogP contribution in [0.2, 0.25) is 0 Å². The van der Waals surface area contributed by atoms with Crippen molar-refractivity contribution in [1.29, 1.82) is 0 Å². The van der Waals surface area contributed by atoms with Crippen molar-refractivity contribution >= 4 is 5.82 Å². The fourth-order valence-corrected chi connectivity index (χ4v) is 4.56. The van der Waals surface area contributed by atoms with Gasteiger partial charge in [-0.3, -0.25) is 4.90 Å². The summed E-state index contributed by atoms with van der Waals surface area (Å²) in [7, 11) is 2.27. The third-order valence-corrected chi connectivity index (χ3v) is 6.03. The Bertz CT molecular complexity index is 761. The molecule has 0 spiro atoms. The van der Waals surface area contributed by atoms with Gasteiger partial charge in [-0.1, -0.05) is 38.5 Å². The Morgan fingerprint density at radius 1 is 1.12 bits per heavy atom. The van der Waals surface area contributed by atoms with Crippen molar-refractivity contribution in [1.82, 2.24) is 14.7 Å². The van der Waals surface area contributed by atoms with Crippen molar-refractivity contribution in [2.75, 3.05) is 25.5 Å². The first-order chi connectivity index (χ1) is 12.7. The van der Waals surface area contributed by atoms with E-state index in [1.54, 1.807) is 0 Å². The first kappa shape index (κ1) is 17.6. The Morgan fingerprint density at radius 2 is 1.96 bits per heavy atom. The summed E-state index contributed by atoms with van der Waals surface area (Å²) < 4.78 is 2.22. The van der Waals surface area contributed by atoms with Gasteiger partial charge in [0, 0.05) is 12.1 Å². The van der Waals surface area contributed by atoms with Crippen LogP contribution in [0.4, 0.5) is 5.82 Å². The number of hydrogen-bond acceptors (Lipinski definition) is 3. The monoisotopic (exact) mass is 352 g/mol. The van der Waals surface area contributed by atoms with E-state index in [9.17, 15) is 0 Å². The second-order valence-electron chi connectivity index (χ2n) is 8.21. The van der Waals surface area contributed by atoms with Crippen molar-refractivity contribution in [2.24, 2.45) is 0 Å². The standard InChI is InChI=1S/C22H32N4/c1-16(2)17-10-4-5-12-19(17)26-22-18(11-6-8-14-23-22)21(24-26)20-13-7-9-15-25(20)3/h4-5,10,12,16,20,23H,6-9,11,13-15H2,1-3H3. The lowest BCUT2D eigenvalue weighted by Gasteiger charge is -2.31. The van der Waals surface area contributed by atoms with Gasteiger partial charge in [0.15, 0.2) is 0 Å². The normalized spacial score (nSPS) is 21.3. The molecule has 0 radical (unpaired) electrons. The minimum Gasteiger partial charge on any atom is -0.370 e. The lowest BCUT2D eigenvalue weighted by Crippen LogP contribution is -2.30. The molecule has 1 N–H and O–H groups in total. The highest BCUT2D eigenvalue weighted by atomic mass is 15.4. The fourth-order valence-electron chi connectivity index (χ4n) is 4.56. The van der Waals surface area contributed by atoms with Gasteiger partial charge < -0.3 is 5.32 Å². The van der Waals surface area contributed by atoms with E-state index in [-0.39, 0.29) is 0 Å². The molecule has 2 aliphatic rings. The van der Waals surface area contributed by atoms with Gasteiger partial charge in [0.1, 0.15) is 5.82 Å². The third kappa shape index (κ3) is 3.16. The number of piperidine rings is 1. The maximum atomic E-state index is 5.23. The Hall–Kier alpha value is -1.81. The predicted molar refractivity (Wildman–Crippen MR) is 108 cm³/mol. The summed E-state index contributed by atoms with van der Waals surface area (Å²) in [6.07, 6.45) is 7.48. The molecule has 1 aromatic carbocycles. The zero-order chi connectivity index (χ0) is 18.1. The van der Waals surface area contributed by atoms with Crippen LogP contribution in [-0.4, -0.2) is 34.8 Å². The summed E-state index contributed by atoms with van der Waals surface area (Å²) in [5.41, 5.74) is 5.38. The summed E-state index contributed by atoms with van der Waals surface area (Å²) in [6, 6.07) is 9.22. The molecule has 2 aromatic rings. The summed E-state index contributed by atoms with van der Waals surface area (Å²) >= 11 is 0. The molecule has 4 rings (SSSR count). The van der Waals surface area contributed by atoms with Gasteiger partial charge in [0.05, 0.1) is 17.4 Å². The molecular formula is C22H32N4. The highest BCUT2D eigenvalue weighted by Crippen LogP contribution is 2.38. The number of benzene rings is 1. The first-order valence-corrected chi connectivity index (χ1v) is 10.3. The maximum absolute atomic E-state index is 5.23. The minimum absolute atomic E-state index is 0.463. The van der Waals surface area contributed by atoms with Gasteiger partial charge in [-0.05, 0) is 63.2 Å². The average molecular weight is 353 g/mol. The van der Waals surface area contributed by atoms with Crippen LogP contribution in [0.15, 0.2) is 24.3 Å². The van der Waals surface area contributed by atoms with Crippen LogP contribution < -0.4 is 5.32 Å². The van der Waals surface area contributed by atoms with Crippen LogP contribution in [-0.2, 0) is 6.42 Å². The molecule has 1 unspecified atom stereocenters. The van der Waals surface area contributed by atoms with Gasteiger partial charge >= 0.3 is 0 Å². The molecule has 140 valence electrons. The van der Waals surface area contributed by atoms with E-state index in [0.29, 0.717) is 12.0 Å². The Labute approximate surface area is 157 Å². The molecule has 0 saturated carbocycles. The van der Waals surface area contributed by atoms with Gasteiger partial charge in [0.25, 0.3) is 0 Å². The molecule has 2 aliphatic heterocycles.